The predicted molar refractivity (Wildman–Crippen MR) is 95.1 cm³/mol. The Kier molecular flexibility index (Phi) is 3.69. The molecule has 0 spiro atoms. The number of benzene rings is 2. The first-order chi connectivity index (χ1) is 12.3. The fraction of sp³-hybridized carbons (Fsp3) is 0.235. The van der Waals surface area contributed by atoms with Crippen LogP contribution in [-0.4, -0.2) is 31.6 Å². The average Bonchev–Trinajstić information content (AvgIpc) is 2.97. The van der Waals surface area contributed by atoms with E-state index in [2.05, 4.69) is 15.2 Å². The Morgan fingerprint density at radius 2 is 2.04 bits per heavy atom. The Hall–Kier alpha value is -2.94. The molecule has 1 aliphatic rings. The van der Waals surface area contributed by atoms with E-state index >= 15 is 0 Å². The molecule has 0 saturated carbocycles. The Balaban J connectivity index is 1.85. The van der Waals surface area contributed by atoms with Crippen LogP contribution in [0.5, 0.6) is 0 Å². The molecule has 8 nitrogen and oxygen atoms in total. The maximum absolute atomic E-state index is 12.2. The first-order valence-corrected chi connectivity index (χ1v) is 9.84. The summed E-state index contributed by atoms with van der Waals surface area (Å²) in [6, 6.07) is 8.63. The number of imide groups is 1. The van der Waals surface area contributed by atoms with Gasteiger partial charge in [-0.05, 0) is 35.4 Å². The van der Waals surface area contributed by atoms with Gasteiger partial charge in [-0.3, -0.25) is 19.6 Å². The van der Waals surface area contributed by atoms with Crippen molar-refractivity contribution in [2.24, 2.45) is 0 Å². The summed E-state index contributed by atoms with van der Waals surface area (Å²) in [6.45, 7) is 0. The van der Waals surface area contributed by atoms with Gasteiger partial charge in [-0.15, -0.1) is 0 Å². The molecular weight excluding hydrogens is 358 g/mol. The molecule has 1 fully saturated rings. The second-order valence-corrected chi connectivity index (χ2v) is 8.07. The SMILES string of the molecule is CS(=O)(=O)Nc1ccc2c(ccc3onc([C@H]4CCC(=O)NC4=O)c32)c1. The highest BCUT2D eigenvalue weighted by Crippen LogP contribution is 2.35. The van der Waals surface area contributed by atoms with Crippen LogP contribution in [0.2, 0.25) is 0 Å². The minimum Gasteiger partial charge on any atom is -0.356 e. The second kappa shape index (κ2) is 5.80. The zero-order chi connectivity index (χ0) is 18.5. The molecule has 3 aromatic rings. The number of sulfonamides is 1. The molecule has 2 amide bonds. The number of aromatic nitrogens is 1. The largest absolute Gasteiger partial charge is 0.356 e. The molecule has 2 N–H and O–H groups in total. The van der Waals surface area contributed by atoms with E-state index in [-0.39, 0.29) is 18.2 Å². The summed E-state index contributed by atoms with van der Waals surface area (Å²) >= 11 is 0. The van der Waals surface area contributed by atoms with Gasteiger partial charge in [-0.25, -0.2) is 8.42 Å². The third-order valence-corrected chi connectivity index (χ3v) is 4.96. The zero-order valence-electron chi connectivity index (χ0n) is 13.8. The monoisotopic (exact) mass is 373 g/mol. The van der Waals surface area contributed by atoms with Crippen molar-refractivity contribution in [1.29, 1.82) is 0 Å². The molecule has 0 bridgehead atoms. The van der Waals surface area contributed by atoms with Crippen LogP contribution < -0.4 is 10.0 Å². The van der Waals surface area contributed by atoms with E-state index in [4.69, 9.17) is 4.52 Å². The Bertz CT molecular complexity index is 1170. The summed E-state index contributed by atoms with van der Waals surface area (Å²) in [6.07, 6.45) is 1.70. The van der Waals surface area contributed by atoms with Crippen LogP contribution in [0, 0.1) is 0 Å². The van der Waals surface area contributed by atoms with Gasteiger partial charge in [-0.1, -0.05) is 17.3 Å². The molecule has 4 rings (SSSR count). The van der Waals surface area contributed by atoms with Crippen molar-refractivity contribution in [3.8, 4) is 0 Å². The average molecular weight is 373 g/mol. The van der Waals surface area contributed by atoms with Crippen molar-refractivity contribution >= 4 is 49.3 Å². The lowest BCUT2D eigenvalue weighted by atomic mass is 9.91. The molecule has 26 heavy (non-hydrogen) atoms. The van der Waals surface area contributed by atoms with E-state index in [0.717, 1.165) is 17.0 Å². The van der Waals surface area contributed by atoms with Crippen LogP contribution in [0.3, 0.4) is 0 Å². The molecule has 1 aromatic heterocycles. The number of piperidine rings is 1. The number of hydrogen-bond acceptors (Lipinski definition) is 6. The predicted octanol–water partition coefficient (Wildman–Crippen LogP) is 1.87. The lowest BCUT2D eigenvalue weighted by molar-refractivity contribution is -0.134. The van der Waals surface area contributed by atoms with Crippen LogP contribution >= 0.6 is 0 Å². The van der Waals surface area contributed by atoms with Gasteiger partial charge in [0.1, 0.15) is 5.69 Å². The lowest BCUT2D eigenvalue weighted by Gasteiger charge is -2.19. The van der Waals surface area contributed by atoms with Crippen LogP contribution in [0.1, 0.15) is 24.5 Å². The van der Waals surface area contributed by atoms with E-state index in [1.54, 1.807) is 30.3 Å². The summed E-state index contributed by atoms with van der Waals surface area (Å²) in [5.41, 5.74) is 1.46. The maximum atomic E-state index is 12.2. The summed E-state index contributed by atoms with van der Waals surface area (Å²) in [5.74, 6) is -1.24. The summed E-state index contributed by atoms with van der Waals surface area (Å²) in [5, 5.41) is 8.67. The van der Waals surface area contributed by atoms with Gasteiger partial charge in [0.15, 0.2) is 5.58 Å². The third-order valence-electron chi connectivity index (χ3n) is 4.35. The van der Waals surface area contributed by atoms with E-state index < -0.39 is 15.9 Å². The Labute approximate surface area is 148 Å². The molecule has 2 heterocycles. The molecule has 1 atom stereocenters. The van der Waals surface area contributed by atoms with E-state index in [9.17, 15) is 18.0 Å². The topological polar surface area (TPSA) is 118 Å². The van der Waals surface area contributed by atoms with Crippen molar-refractivity contribution < 1.29 is 22.5 Å². The summed E-state index contributed by atoms with van der Waals surface area (Å²) in [4.78, 5) is 23.6. The number of carbonyl (C=O) groups excluding carboxylic acids is 2. The van der Waals surface area contributed by atoms with Gasteiger partial charge >= 0.3 is 0 Å². The zero-order valence-corrected chi connectivity index (χ0v) is 14.6. The molecular formula is C17H15N3O5S. The maximum Gasteiger partial charge on any atom is 0.235 e. The van der Waals surface area contributed by atoms with Gasteiger partial charge in [0.05, 0.1) is 17.6 Å². The van der Waals surface area contributed by atoms with Crippen molar-refractivity contribution in [3.05, 3.63) is 36.0 Å². The van der Waals surface area contributed by atoms with Crippen LogP contribution in [-0.2, 0) is 19.6 Å². The van der Waals surface area contributed by atoms with E-state index in [1.165, 1.54) is 0 Å². The number of fused-ring (bicyclic) bond motifs is 3. The minimum absolute atomic E-state index is 0.248. The van der Waals surface area contributed by atoms with Crippen molar-refractivity contribution in [2.45, 2.75) is 18.8 Å². The number of carbonyl (C=O) groups is 2. The molecule has 0 unspecified atom stereocenters. The molecule has 0 radical (unpaired) electrons. The highest BCUT2D eigenvalue weighted by Gasteiger charge is 2.32. The van der Waals surface area contributed by atoms with Gasteiger partial charge in [0, 0.05) is 12.1 Å². The van der Waals surface area contributed by atoms with Gasteiger partial charge in [-0.2, -0.15) is 0 Å². The number of anilines is 1. The standard InChI is InChI=1S/C17H15N3O5S/c1-26(23,24)20-10-3-4-11-9(8-10)2-6-13-15(11)16(19-25-13)12-5-7-14(21)18-17(12)22/h2-4,6,8,12,20H,5,7H2,1H3,(H,18,21,22)/t12-/m1/s1. The Morgan fingerprint density at radius 3 is 2.77 bits per heavy atom. The fourth-order valence-electron chi connectivity index (χ4n) is 3.26. The van der Waals surface area contributed by atoms with Crippen LogP contribution in [0.25, 0.3) is 21.7 Å². The van der Waals surface area contributed by atoms with Crippen molar-refractivity contribution in [3.63, 3.8) is 0 Å². The summed E-state index contributed by atoms with van der Waals surface area (Å²) in [7, 11) is -3.38. The minimum atomic E-state index is -3.38. The first kappa shape index (κ1) is 16.5. The van der Waals surface area contributed by atoms with E-state index in [1.807, 2.05) is 0 Å². The molecule has 9 heteroatoms. The van der Waals surface area contributed by atoms with Gasteiger partial charge in [0.2, 0.25) is 21.8 Å². The quantitative estimate of drug-likeness (QED) is 0.677. The molecule has 0 aliphatic carbocycles. The third kappa shape index (κ3) is 2.90. The van der Waals surface area contributed by atoms with Crippen molar-refractivity contribution in [2.75, 3.05) is 11.0 Å². The number of nitrogens with zero attached hydrogens (tertiary/aromatic N) is 1. The van der Waals surface area contributed by atoms with Crippen LogP contribution in [0.4, 0.5) is 5.69 Å². The molecule has 134 valence electrons. The fourth-order valence-corrected chi connectivity index (χ4v) is 3.82. The lowest BCUT2D eigenvalue weighted by Crippen LogP contribution is -2.39. The normalized spacial score (nSPS) is 18.3. The molecule has 1 aliphatic heterocycles. The smallest absolute Gasteiger partial charge is 0.235 e. The highest BCUT2D eigenvalue weighted by atomic mass is 32.2. The molecule has 2 aromatic carbocycles. The highest BCUT2D eigenvalue weighted by molar-refractivity contribution is 7.92. The number of hydrogen-bond donors (Lipinski definition) is 2. The summed E-state index contributed by atoms with van der Waals surface area (Å²) < 4.78 is 30.7. The van der Waals surface area contributed by atoms with Gasteiger partial charge in [0.25, 0.3) is 0 Å². The van der Waals surface area contributed by atoms with Gasteiger partial charge < -0.3 is 4.52 Å². The Morgan fingerprint density at radius 1 is 1.23 bits per heavy atom. The van der Waals surface area contributed by atoms with E-state index in [0.29, 0.717) is 28.8 Å². The number of nitrogens with one attached hydrogen (secondary N) is 2. The van der Waals surface area contributed by atoms with Crippen LogP contribution in [0.15, 0.2) is 34.9 Å². The number of rotatable bonds is 3. The molecule has 1 saturated heterocycles. The second-order valence-electron chi connectivity index (χ2n) is 6.32. The van der Waals surface area contributed by atoms with Crippen molar-refractivity contribution in [1.82, 2.24) is 10.5 Å². The first-order valence-electron chi connectivity index (χ1n) is 7.95. The number of amides is 2.